The number of hydrogen-bond acceptors (Lipinski definition) is 4. The maximum Gasteiger partial charge on any atom is 0.261 e. The van der Waals surface area contributed by atoms with Gasteiger partial charge in [0, 0.05) is 5.39 Å². The molecule has 28 heavy (non-hydrogen) atoms. The van der Waals surface area contributed by atoms with Gasteiger partial charge in [-0.15, -0.1) is 0 Å². The van der Waals surface area contributed by atoms with Crippen LogP contribution in [0.5, 0.6) is 0 Å². The third-order valence-electron chi connectivity index (χ3n) is 4.11. The van der Waals surface area contributed by atoms with Gasteiger partial charge < -0.3 is 5.32 Å². The van der Waals surface area contributed by atoms with Gasteiger partial charge in [-0.1, -0.05) is 35.9 Å². The van der Waals surface area contributed by atoms with E-state index in [-0.39, 0.29) is 22.0 Å². The second-order valence-corrected chi connectivity index (χ2v) is 6.25. The Morgan fingerprint density at radius 3 is 2.75 bits per heavy atom. The number of nitrogens with zero attached hydrogens (tertiary/aromatic N) is 4. The number of amides is 1. The Kier molecular flexibility index (Phi) is 4.47. The Labute approximate surface area is 163 Å². The van der Waals surface area contributed by atoms with Crippen LogP contribution in [0.4, 0.5) is 10.2 Å². The van der Waals surface area contributed by atoms with Gasteiger partial charge in [0.15, 0.2) is 11.6 Å². The highest BCUT2D eigenvalue weighted by Gasteiger charge is 2.21. The van der Waals surface area contributed by atoms with E-state index in [0.717, 1.165) is 17.0 Å². The molecule has 2 aromatic carbocycles. The van der Waals surface area contributed by atoms with Crippen molar-refractivity contribution >= 4 is 34.2 Å². The number of anilines is 1. The molecule has 0 atom stereocenters. The normalized spacial score (nSPS) is 10.6. The lowest BCUT2D eigenvalue weighted by atomic mass is 10.2. The molecule has 0 aliphatic heterocycles. The minimum Gasteiger partial charge on any atom is -0.305 e. The number of carbonyl (C=O) groups is 1. The molecule has 0 aliphatic rings. The standard InChI is InChI=1S/C20H11ClFN5O/c21-14-5-3-6-15(22)18(14)20(28)26-19-13(10-23)11-24-27(19)17-9-8-12-4-1-2-7-16(12)25-17/h1-9,11H,(H,26,28). The van der Waals surface area contributed by atoms with Crippen LogP contribution in [0.25, 0.3) is 16.7 Å². The highest BCUT2D eigenvalue weighted by atomic mass is 35.5. The van der Waals surface area contributed by atoms with Gasteiger partial charge in [-0.3, -0.25) is 4.79 Å². The predicted octanol–water partition coefficient (Wildman–Crippen LogP) is 4.34. The van der Waals surface area contributed by atoms with E-state index in [2.05, 4.69) is 15.4 Å². The van der Waals surface area contributed by atoms with Gasteiger partial charge >= 0.3 is 0 Å². The van der Waals surface area contributed by atoms with Crippen molar-refractivity contribution in [1.29, 1.82) is 5.26 Å². The van der Waals surface area contributed by atoms with Gasteiger partial charge in [-0.2, -0.15) is 15.0 Å². The third kappa shape index (κ3) is 3.06. The summed E-state index contributed by atoms with van der Waals surface area (Å²) < 4.78 is 15.4. The number of halogens is 2. The molecule has 2 aromatic heterocycles. The Morgan fingerprint density at radius 2 is 1.96 bits per heavy atom. The minimum absolute atomic E-state index is 0.0362. The Morgan fingerprint density at radius 1 is 1.14 bits per heavy atom. The van der Waals surface area contributed by atoms with Crippen LogP contribution in [0, 0.1) is 17.1 Å². The molecule has 0 aliphatic carbocycles. The molecule has 0 radical (unpaired) electrons. The smallest absolute Gasteiger partial charge is 0.261 e. The van der Waals surface area contributed by atoms with Crippen molar-refractivity contribution in [2.75, 3.05) is 5.32 Å². The third-order valence-corrected chi connectivity index (χ3v) is 4.43. The van der Waals surface area contributed by atoms with Crippen molar-refractivity contribution in [2.24, 2.45) is 0 Å². The summed E-state index contributed by atoms with van der Waals surface area (Å²) in [4.78, 5) is 17.1. The van der Waals surface area contributed by atoms with Gasteiger partial charge in [-0.05, 0) is 30.3 Å². The topological polar surface area (TPSA) is 83.6 Å². The molecule has 0 unspecified atom stereocenters. The van der Waals surface area contributed by atoms with Crippen molar-refractivity contribution in [3.63, 3.8) is 0 Å². The molecule has 4 rings (SSSR count). The number of fused-ring (bicyclic) bond motifs is 1. The second kappa shape index (κ2) is 7.10. The van der Waals surface area contributed by atoms with E-state index in [0.29, 0.717) is 5.82 Å². The van der Waals surface area contributed by atoms with Crippen LogP contribution >= 0.6 is 11.6 Å². The van der Waals surface area contributed by atoms with E-state index in [9.17, 15) is 14.4 Å². The Hall–Kier alpha value is -3.76. The zero-order valence-corrected chi connectivity index (χ0v) is 15.0. The van der Waals surface area contributed by atoms with Crippen LogP contribution in [0.3, 0.4) is 0 Å². The first-order chi connectivity index (χ1) is 13.6. The number of rotatable bonds is 3. The van der Waals surface area contributed by atoms with Crippen molar-refractivity contribution in [1.82, 2.24) is 14.8 Å². The summed E-state index contributed by atoms with van der Waals surface area (Å²) in [6.45, 7) is 0. The number of carbonyl (C=O) groups excluding carboxylic acids is 1. The van der Waals surface area contributed by atoms with Crippen molar-refractivity contribution < 1.29 is 9.18 Å². The van der Waals surface area contributed by atoms with Crippen molar-refractivity contribution in [3.05, 3.63) is 82.8 Å². The molecule has 8 heteroatoms. The Bertz CT molecular complexity index is 1240. The quantitative estimate of drug-likeness (QED) is 0.563. The van der Waals surface area contributed by atoms with E-state index in [1.54, 1.807) is 6.07 Å². The first-order valence-electron chi connectivity index (χ1n) is 8.18. The van der Waals surface area contributed by atoms with Gasteiger partial charge in [0.2, 0.25) is 0 Å². The number of nitrogens with one attached hydrogen (secondary N) is 1. The number of benzene rings is 2. The van der Waals surface area contributed by atoms with Crippen molar-refractivity contribution in [3.8, 4) is 11.9 Å². The zero-order chi connectivity index (χ0) is 19.7. The fourth-order valence-electron chi connectivity index (χ4n) is 2.78. The molecule has 2 heterocycles. The first-order valence-corrected chi connectivity index (χ1v) is 8.56. The number of hydrogen-bond donors (Lipinski definition) is 1. The molecule has 0 bridgehead atoms. The molecular formula is C20H11ClFN5O. The molecule has 0 saturated carbocycles. The van der Waals surface area contributed by atoms with E-state index in [1.807, 2.05) is 36.4 Å². The SMILES string of the molecule is N#Cc1cnn(-c2ccc3ccccc3n2)c1NC(=O)c1c(F)cccc1Cl. The highest BCUT2D eigenvalue weighted by molar-refractivity contribution is 6.34. The molecule has 0 spiro atoms. The predicted molar refractivity (Wildman–Crippen MR) is 103 cm³/mol. The summed E-state index contributed by atoms with van der Waals surface area (Å²) in [6.07, 6.45) is 1.30. The zero-order valence-electron chi connectivity index (χ0n) is 14.2. The molecule has 0 saturated heterocycles. The van der Waals surface area contributed by atoms with E-state index in [4.69, 9.17) is 11.6 Å². The van der Waals surface area contributed by atoms with Gasteiger partial charge in [0.25, 0.3) is 5.91 Å². The molecular weight excluding hydrogens is 381 g/mol. The number of aromatic nitrogens is 3. The van der Waals surface area contributed by atoms with Gasteiger partial charge in [-0.25, -0.2) is 9.37 Å². The lowest BCUT2D eigenvalue weighted by molar-refractivity contribution is 0.102. The van der Waals surface area contributed by atoms with Crippen LogP contribution in [-0.2, 0) is 0 Å². The lowest BCUT2D eigenvalue weighted by Crippen LogP contribution is -2.18. The first kappa shape index (κ1) is 17.6. The molecule has 136 valence electrons. The fraction of sp³-hybridized carbons (Fsp3) is 0. The lowest BCUT2D eigenvalue weighted by Gasteiger charge is -2.11. The summed E-state index contributed by atoms with van der Waals surface area (Å²) in [5.74, 6) is -1.08. The molecule has 4 aromatic rings. The van der Waals surface area contributed by atoms with Crippen molar-refractivity contribution in [2.45, 2.75) is 0 Å². The number of para-hydroxylation sites is 1. The fourth-order valence-corrected chi connectivity index (χ4v) is 3.03. The van der Waals surface area contributed by atoms with E-state index < -0.39 is 11.7 Å². The molecule has 0 fully saturated rings. The monoisotopic (exact) mass is 391 g/mol. The average molecular weight is 392 g/mol. The summed E-state index contributed by atoms with van der Waals surface area (Å²) in [6, 6.07) is 17.0. The molecule has 1 N–H and O–H groups in total. The van der Waals surface area contributed by atoms with E-state index in [1.165, 1.54) is 23.0 Å². The minimum atomic E-state index is -0.790. The second-order valence-electron chi connectivity index (χ2n) is 5.84. The van der Waals surface area contributed by atoms with Crippen LogP contribution in [0.1, 0.15) is 15.9 Å². The number of pyridine rings is 1. The van der Waals surface area contributed by atoms with Crippen LogP contribution in [0.2, 0.25) is 5.02 Å². The average Bonchev–Trinajstić information content (AvgIpc) is 3.10. The van der Waals surface area contributed by atoms with Gasteiger partial charge in [0.1, 0.15) is 17.4 Å². The van der Waals surface area contributed by atoms with Crippen LogP contribution in [-0.4, -0.2) is 20.7 Å². The van der Waals surface area contributed by atoms with E-state index >= 15 is 0 Å². The number of nitriles is 1. The van der Waals surface area contributed by atoms with Crippen LogP contribution in [0.15, 0.2) is 60.8 Å². The summed E-state index contributed by atoms with van der Waals surface area (Å²) >= 11 is 5.96. The van der Waals surface area contributed by atoms with Gasteiger partial charge in [0.05, 0.1) is 22.3 Å². The largest absolute Gasteiger partial charge is 0.305 e. The maximum absolute atomic E-state index is 14.1. The molecule has 6 nitrogen and oxygen atoms in total. The Balaban J connectivity index is 1.78. The highest BCUT2D eigenvalue weighted by Crippen LogP contribution is 2.24. The summed E-state index contributed by atoms with van der Waals surface area (Å²) in [7, 11) is 0. The van der Waals surface area contributed by atoms with Crippen LogP contribution < -0.4 is 5.32 Å². The summed E-state index contributed by atoms with van der Waals surface area (Å²) in [5, 5.41) is 16.9. The molecule has 1 amide bonds. The summed E-state index contributed by atoms with van der Waals surface area (Å²) in [5.41, 5.74) is 0.520. The maximum atomic E-state index is 14.1.